The molecular weight excluding hydrogens is 252 g/mol. The molecule has 0 N–H and O–H groups in total. The van der Waals surface area contributed by atoms with Gasteiger partial charge in [-0.15, -0.1) is 0 Å². The van der Waals surface area contributed by atoms with Crippen LogP contribution in [0.25, 0.3) is 11.3 Å². The Kier molecular flexibility index (Phi) is 2.13. The van der Waals surface area contributed by atoms with Crippen LogP contribution in [0.4, 0.5) is 0 Å². The van der Waals surface area contributed by atoms with E-state index in [9.17, 15) is 0 Å². The molecule has 1 aromatic heterocycles. The fourth-order valence-electron chi connectivity index (χ4n) is 2.08. The van der Waals surface area contributed by atoms with Gasteiger partial charge in [-0.3, -0.25) is 4.68 Å². The number of hydrogen-bond donors (Lipinski definition) is 0. The van der Waals surface area contributed by atoms with Crippen molar-refractivity contribution >= 4 is 15.9 Å². The predicted molar refractivity (Wildman–Crippen MR) is 63.7 cm³/mol. The van der Waals surface area contributed by atoms with Crippen molar-refractivity contribution in [1.29, 1.82) is 0 Å². The fourth-order valence-corrected chi connectivity index (χ4v) is 2.79. The van der Waals surface area contributed by atoms with Crippen molar-refractivity contribution in [1.82, 2.24) is 9.78 Å². The van der Waals surface area contributed by atoms with Crippen LogP contribution in [0.2, 0.25) is 0 Å². The fraction of sp³-hybridized carbons (Fsp3) is 0.250. The van der Waals surface area contributed by atoms with Gasteiger partial charge in [0.05, 0.1) is 10.2 Å². The molecule has 0 radical (unpaired) electrons. The molecular formula is C12H11BrN2. The highest BCUT2D eigenvalue weighted by Crippen LogP contribution is 2.33. The van der Waals surface area contributed by atoms with Crippen LogP contribution in [0.3, 0.4) is 0 Å². The first-order valence-corrected chi connectivity index (χ1v) is 5.96. The van der Waals surface area contributed by atoms with Gasteiger partial charge in [-0.2, -0.15) is 5.10 Å². The maximum atomic E-state index is 4.63. The molecule has 0 saturated heterocycles. The van der Waals surface area contributed by atoms with Crippen LogP contribution in [0.1, 0.15) is 12.1 Å². The van der Waals surface area contributed by atoms with Crippen molar-refractivity contribution in [3.8, 4) is 11.3 Å². The van der Waals surface area contributed by atoms with Gasteiger partial charge in [0.25, 0.3) is 0 Å². The summed E-state index contributed by atoms with van der Waals surface area (Å²) in [6.07, 6.45) is 2.36. The maximum Gasteiger partial charge on any atom is 0.107 e. The van der Waals surface area contributed by atoms with Crippen LogP contribution in [0, 0.1) is 0 Å². The van der Waals surface area contributed by atoms with Crippen molar-refractivity contribution in [2.75, 3.05) is 0 Å². The number of benzene rings is 1. The van der Waals surface area contributed by atoms with Gasteiger partial charge in [0.15, 0.2) is 0 Å². The zero-order valence-corrected chi connectivity index (χ0v) is 9.87. The maximum absolute atomic E-state index is 4.63. The van der Waals surface area contributed by atoms with Crippen molar-refractivity contribution in [3.63, 3.8) is 0 Å². The molecule has 2 nitrogen and oxygen atoms in total. The van der Waals surface area contributed by atoms with Gasteiger partial charge in [-0.1, -0.05) is 30.3 Å². The lowest BCUT2D eigenvalue weighted by atomic mass is 10.1. The Morgan fingerprint density at radius 2 is 2.00 bits per heavy atom. The largest absolute Gasteiger partial charge is 0.268 e. The summed E-state index contributed by atoms with van der Waals surface area (Å²) in [7, 11) is 0. The molecule has 0 aliphatic carbocycles. The molecule has 1 aromatic carbocycles. The summed E-state index contributed by atoms with van der Waals surface area (Å²) in [5.74, 6) is 0. The number of aromatic nitrogens is 2. The highest BCUT2D eigenvalue weighted by Gasteiger charge is 2.20. The van der Waals surface area contributed by atoms with Gasteiger partial charge < -0.3 is 0 Å². The van der Waals surface area contributed by atoms with E-state index in [0.29, 0.717) is 0 Å². The third-order valence-electron chi connectivity index (χ3n) is 2.82. The van der Waals surface area contributed by atoms with Gasteiger partial charge in [0.2, 0.25) is 0 Å². The summed E-state index contributed by atoms with van der Waals surface area (Å²) >= 11 is 3.66. The lowest BCUT2D eigenvalue weighted by molar-refractivity contribution is 0.659. The minimum Gasteiger partial charge on any atom is -0.268 e. The van der Waals surface area contributed by atoms with E-state index in [0.717, 1.165) is 18.7 Å². The summed E-state index contributed by atoms with van der Waals surface area (Å²) in [6, 6.07) is 10.3. The van der Waals surface area contributed by atoms with Gasteiger partial charge >= 0.3 is 0 Å². The molecule has 3 rings (SSSR count). The van der Waals surface area contributed by atoms with Crippen LogP contribution in [-0.4, -0.2) is 9.78 Å². The van der Waals surface area contributed by atoms with E-state index >= 15 is 0 Å². The number of hydrogen-bond acceptors (Lipinski definition) is 1. The minimum atomic E-state index is 1.06. The second kappa shape index (κ2) is 3.49. The van der Waals surface area contributed by atoms with E-state index < -0.39 is 0 Å². The molecule has 1 aliphatic heterocycles. The van der Waals surface area contributed by atoms with Gasteiger partial charge in [-0.25, -0.2) is 0 Å². The van der Waals surface area contributed by atoms with E-state index in [4.69, 9.17) is 0 Å². The quantitative estimate of drug-likeness (QED) is 0.772. The Morgan fingerprint density at radius 1 is 1.20 bits per heavy atom. The smallest absolute Gasteiger partial charge is 0.107 e. The molecule has 15 heavy (non-hydrogen) atoms. The second-order valence-corrected chi connectivity index (χ2v) is 4.60. The Balaban J connectivity index is 2.14. The third-order valence-corrected chi connectivity index (χ3v) is 3.66. The first kappa shape index (κ1) is 9.16. The first-order valence-electron chi connectivity index (χ1n) is 5.17. The molecule has 0 unspecified atom stereocenters. The van der Waals surface area contributed by atoms with Crippen LogP contribution in [-0.2, 0) is 13.0 Å². The van der Waals surface area contributed by atoms with E-state index in [1.165, 1.54) is 22.2 Å². The Hall–Kier alpha value is -1.09. The van der Waals surface area contributed by atoms with E-state index in [1.54, 1.807) is 0 Å². The van der Waals surface area contributed by atoms with Gasteiger partial charge in [0, 0.05) is 12.1 Å². The third kappa shape index (κ3) is 1.42. The average Bonchev–Trinajstić information content (AvgIpc) is 2.83. The van der Waals surface area contributed by atoms with Crippen molar-refractivity contribution in [2.45, 2.75) is 19.4 Å². The monoisotopic (exact) mass is 262 g/mol. The zero-order chi connectivity index (χ0) is 10.3. The summed E-state index contributed by atoms with van der Waals surface area (Å²) in [6.45, 7) is 1.06. The minimum absolute atomic E-state index is 1.06. The van der Waals surface area contributed by atoms with Gasteiger partial charge in [-0.05, 0) is 28.8 Å². The molecule has 0 atom stereocenters. The number of halogens is 1. The van der Waals surface area contributed by atoms with E-state index in [1.807, 2.05) is 18.2 Å². The highest BCUT2D eigenvalue weighted by atomic mass is 79.9. The number of nitrogens with zero attached hydrogens (tertiary/aromatic N) is 2. The molecule has 0 amide bonds. The summed E-state index contributed by atoms with van der Waals surface area (Å²) in [4.78, 5) is 0. The Labute approximate surface area is 97.1 Å². The number of rotatable bonds is 1. The Morgan fingerprint density at radius 3 is 2.73 bits per heavy atom. The van der Waals surface area contributed by atoms with Crippen molar-refractivity contribution in [2.24, 2.45) is 0 Å². The summed E-state index contributed by atoms with van der Waals surface area (Å²) in [5, 5.41) is 4.63. The summed E-state index contributed by atoms with van der Waals surface area (Å²) in [5.41, 5.74) is 3.60. The van der Waals surface area contributed by atoms with Crippen molar-refractivity contribution < 1.29 is 0 Å². The SMILES string of the molecule is Brc1c(-c2ccccc2)nn2c1CCC2. The van der Waals surface area contributed by atoms with Crippen LogP contribution in [0.15, 0.2) is 34.8 Å². The number of fused-ring (bicyclic) bond motifs is 1. The topological polar surface area (TPSA) is 17.8 Å². The lowest BCUT2D eigenvalue weighted by Crippen LogP contribution is -1.94. The molecule has 0 bridgehead atoms. The van der Waals surface area contributed by atoms with Crippen LogP contribution in [0.5, 0.6) is 0 Å². The molecule has 3 heteroatoms. The normalized spacial score (nSPS) is 14.2. The molecule has 2 aromatic rings. The Bertz CT molecular complexity index is 488. The number of aryl methyl sites for hydroxylation is 1. The van der Waals surface area contributed by atoms with Crippen LogP contribution < -0.4 is 0 Å². The molecule has 0 spiro atoms. The molecule has 2 heterocycles. The predicted octanol–water partition coefficient (Wildman–Crippen LogP) is 3.26. The second-order valence-electron chi connectivity index (χ2n) is 3.80. The van der Waals surface area contributed by atoms with Crippen LogP contribution >= 0.6 is 15.9 Å². The average molecular weight is 263 g/mol. The standard InChI is InChI=1S/C12H11BrN2/c13-11-10-7-4-8-15(10)14-12(11)9-5-2-1-3-6-9/h1-3,5-6H,4,7-8H2. The molecule has 1 aliphatic rings. The van der Waals surface area contributed by atoms with Gasteiger partial charge in [0.1, 0.15) is 5.69 Å². The molecule has 76 valence electrons. The van der Waals surface area contributed by atoms with Crippen molar-refractivity contribution in [3.05, 3.63) is 40.5 Å². The zero-order valence-electron chi connectivity index (χ0n) is 8.28. The summed E-state index contributed by atoms with van der Waals surface area (Å²) < 4.78 is 3.29. The lowest BCUT2D eigenvalue weighted by Gasteiger charge is -1.97. The highest BCUT2D eigenvalue weighted by molar-refractivity contribution is 9.10. The molecule has 0 saturated carbocycles. The van der Waals surface area contributed by atoms with E-state index in [-0.39, 0.29) is 0 Å². The van der Waals surface area contributed by atoms with E-state index in [2.05, 4.69) is 37.8 Å². The molecule has 0 fully saturated rings. The first-order chi connectivity index (χ1) is 7.36.